The molecule has 1 aliphatic rings. The zero-order chi connectivity index (χ0) is 20.4. The van der Waals surface area contributed by atoms with E-state index in [1.165, 1.54) is 12.1 Å². The number of nitrogens with one attached hydrogen (secondary N) is 2. The van der Waals surface area contributed by atoms with Gasteiger partial charge >= 0.3 is 0 Å². The second-order valence-electron chi connectivity index (χ2n) is 7.18. The summed E-state index contributed by atoms with van der Waals surface area (Å²) in [6, 6.07) is 14.3. The summed E-state index contributed by atoms with van der Waals surface area (Å²) in [4.78, 5) is 12.8. The molecule has 0 radical (unpaired) electrons. The summed E-state index contributed by atoms with van der Waals surface area (Å²) in [5, 5.41) is 7.16. The summed E-state index contributed by atoms with van der Waals surface area (Å²) < 4.78 is 29.2. The highest BCUT2D eigenvalue weighted by Crippen LogP contribution is 2.23. The number of para-hydroxylation sites is 1. The molecule has 1 aliphatic carbocycles. The zero-order valence-electron chi connectivity index (χ0n) is 16.0. The van der Waals surface area contributed by atoms with Crippen molar-refractivity contribution in [1.29, 1.82) is 0 Å². The SMILES string of the molecule is Cc1ccc(S(=O)(=O)NC2CC2)cc1C(=O)NCc1cnn(-c2ccccc2)c1. The van der Waals surface area contributed by atoms with Gasteiger partial charge in [-0.05, 0) is 49.6 Å². The Morgan fingerprint density at radius 3 is 2.66 bits per heavy atom. The molecule has 0 atom stereocenters. The quantitative estimate of drug-likeness (QED) is 0.626. The van der Waals surface area contributed by atoms with Crippen LogP contribution in [0.3, 0.4) is 0 Å². The van der Waals surface area contributed by atoms with Crippen LogP contribution in [-0.4, -0.2) is 30.1 Å². The summed E-state index contributed by atoms with van der Waals surface area (Å²) in [6.07, 6.45) is 5.26. The molecule has 2 N–H and O–H groups in total. The molecular formula is C21H22N4O3S. The van der Waals surface area contributed by atoms with Gasteiger partial charge in [-0.1, -0.05) is 24.3 Å². The number of nitrogens with zero attached hydrogens (tertiary/aromatic N) is 2. The Morgan fingerprint density at radius 1 is 1.17 bits per heavy atom. The molecule has 150 valence electrons. The number of aryl methyl sites for hydroxylation is 1. The number of hydrogen-bond donors (Lipinski definition) is 2. The van der Waals surface area contributed by atoms with E-state index in [2.05, 4.69) is 15.1 Å². The molecule has 1 aromatic heterocycles. The first-order valence-corrected chi connectivity index (χ1v) is 10.9. The molecule has 1 fully saturated rings. The van der Waals surface area contributed by atoms with Crippen LogP contribution in [0, 0.1) is 6.92 Å². The van der Waals surface area contributed by atoms with Crippen molar-refractivity contribution < 1.29 is 13.2 Å². The van der Waals surface area contributed by atoms with Crippen LogP contribution < -0.4 is 10.0 Å². The second-order valence-corrected chi connectivity index (χ2v) is 8.90. The lowest BCUT2D eigenvalue weighted by Gasteiger charge is -2.10. The topological polar surface area (TPSA) is 93.1 Å². The Morgan fingerprint density at radius 2 is 1.93 bits per heavy atom. The highest BCUT2D eigenvalue weighted by molar-refractivity contribution is 7.89. The molecule has 1 amide bonds. The number of rotatable bonds is 7. The molecule has 29 heavy (non-hydrogen) atoms. The number of carbonyl (C=O) groups excluding carboxylic acids is 1. The van der Waals surface area contributed by atoms with Crippen molar-refractivity contribution >= 4 is 15.9 Å². The van der Waals surface area contributed by atoms with E-state index in [1.54, 1.807) is 23.9 Å². The highest BCUT2D eigenvalue weighted by Gasteiger charge is 2.28. The summed E-state index contributed by atoms with van der Waals surface area (Å²) in [6.45, 7) is 2.08. The maximum Gasteiger partial charge on any atom is 0.251 e. The molecule has 1 saturated carbocycles. The van der Waals surface area contributed by atoms with E-state index in [9.17, 15) is 13.2 Å². The fourth-order valence-corrected chi connectivity index (χ4v) is 4.28. The predicted molar refractivity (Wildman–Crippen MR) is 109 cm³/mol. The van der Waals surface area contributed by atoms with Crippen molar-refractivity contribution in [3.05, 3.63) is 77.6 Å². The van der Waals surface area contributed by atoms with Gasteiger partial charge in [0, 0.05) is 29.9 Å². The summed E-state index contributed by atoms with van der Waals surface area (Å²) in [5.74, 6) is -0.321. The molecule has 1 heterocycles. The number of hydrogen-bond acceptors (Lipinski definition) is 4. The van der Waals surface area contributed by atoms with Crippen molar-refractivity contribution in [3.63, 3.8) is 0 Å². The van der Waals surface area contributed by atoms with Crippen LogP contribution >= 0.6 is 0 Å². The van der Waals surface area contributed by atoms with Crippen LogP contribution in [0.15, 0.2) is 65.8 Å². The van der Waals surface area contributed by atoms with Gasteiger partial charge in [-0.2, -0.15) is 5.10 Å². The first-order valence-electron chi connectivity index (χ1n) is 9.42. The van der Waals surface area contributed by atoms with Gasteiger partial charge in [0.1, 0.15) is 0 Å². The minimum atomic E-state index is -3.61. The summed E-state index contributed by atoms with van der Waals surface area (Å²) >= 11 is 0. The van der Waals surface area contributed by atoms with E-state index in [0.717, 1.165) is 24.1 Å². The number of amides is 1. The van der Waals surface area contributed by atoms with Crippen molar-refractivity contribution in [3.8, 4) is 5.69 Å². The third-order valence-corrected chi connectivity index (χ3v) is 6.29. The average molecular weight is 410 g/mol. The Hall–Kier alpha value is -2.97. The van der Waals surface area contributed by atoms with Crippen LogP contribution in [0.1, 0.15) is 34.3 Å². The maximum atomic E-state index is 12.7. The molecule has 7 nitrogen and oxygen atoms in total. The Bertz CT molecular complexity index is 1140. The fourth-order valence-electron chi connectivity index (χ4n) is 2.95. The number of benzene rings is 2. The van der Waals surface area contributed by atoms with Crippen LogP contribution in [0.2, 0.25) is 0 Å². The molecule has 0 aliphatic heterocycles. The van der Waals surface area contributed by atoms with Gasteiger partial charge in [0.15, 0.2) is 0 Å². The van der Waals surface area contributed by atoms with Crippen molar-refractivity contribution in [2.45, 2.75) is 37.2 Å². The number of sulfonamides is 1. The van der Waals surface area contributed by atoms with Gasteiger partial charge in [0.2, 0.25) is 10.0 Å². The van der Waals surface area contributed by atoms with Crippen molar-refractivity contribution in [1.82, 2.24) is 19.8 Å². The second kappa shape index (κ2) is 7.81. The van der Waals surface area contributed by atoms with E-state index in [1.807, 2.05) is 36.5 Å². The first-order chi connectivity index (χ1) is 13.9. The van der Waals surface area contributed by atoms with Gasteiger partial charge in [0.05, 0.1) is 16.8 Å². The van der Waals surface area contributed by atoms with Gasteiger partial charge < -0.3 is 5.32 Å². The molecule has 0 bridgehead atoms. The van der Waals surface area contributed by atoms with Gasteiger partial charge in [-0.25, -0.2) is 17.8 Å². The molecule has 8 heteroatoms. The standard InChI is InChI=1S/C21H22N4O3S/c1-15-7-10-19(29(27,28)24-17-8-9-17)11-20(15)21(26)22-12-16-13-23-25(14-16)18-5-3-2-4-6-18/h2-7,10-11,13-14,17,24H,8-9,12H2,1H3,(H,22,26). The molecule has 0 unspecified atom stereocenters. The van der Waals surface area contributed by atoms with Crippen LogP contribution in [0.25, 0.3) is 5.69 Å². The third kappa shape index (κ3) is 4.55. The van der Waals surface area contributed by atoms with Crippen LogP contribution in [0.4, 0.5) is 0 Å². The van der Waals surface area contributed by atoms with Crippen LogP contribution in [0.5, 0.6) is 0 Å². The lowest BCUT2D eigenvalue weighted by Crippen LogP contribution is -2.27. The van der Waals surface area contributed by atoms with Crippen molar-refractivity contribution in [2.24, 2.45) is 0 Å². The molecule has 3 aromatic rings. The van der Waals surface area contributed by atoms with Gasteiger partial charge in [0.25, 0.3) is 5.91 Å². The molecular weight excluding hydrogens is 388 g/mol. The van der Waals surface area contributed by atoms with E-state index >= 15 is 0 Å². The Kier molecular flexibility index (Phi) is 5.21. The summed E-state index contributed by atoms with van der Waals surface area (Å²) in [5.41, 5.74) is 2.84. The van der Waals surface area contributed by atoms with E-state index in [-0.39, 0.29) is 16.8 Å². The van der Waals surface area contributed by atoms with E-state index in [0.29, 0.717) is 17.7 Å². The van der Waals surface area contributed by atoms with Gasteiger partial charge in [-0.15, -0.1) is 0 Å². The van der Waals surface area contributed by atoms with E-state index in [4.69, 9.17) is 0 Å². The first kappa shape index (κ1) is 19.4. The largest absolute Gasteiger partial charge is 0.348 e. The van der Waals surface area contributed by atoms with Crippen LogP contribution in [-0.2, 0) is 16.6 Å². The number of aromatic nitrogens is 2. The minimum Gasteiger partial charge on any atom is -0.348 e. The zero-order valence-corrected chi connectivity index (χ0v) is 16.8. The Balaban J connectivity index is 1.46. The monoisotopic (exact) mass is 410 g/mol. The molecule has 0 spiro atoms. The minimum absolute atomic E-state index is 0.0136. The summed E-state index contributed by atoms with van der Waals surface area (Å²) in [7, 11) is -3.61. The van der Waals surface area contributed by atoms with E-state index < -0.39 is 10.0 Å². The lowest BCUT2D eigenvalue weighted by atomic mass is 10.1. The van der Waals surface area contributed by atoms with Gasteiger partial charge in [-0.3, -0.25) is 4.79 Å². The molecule has 0 saturated heterocycles. The highest BCUT2D eigenvalue weighted by atomic mass is 32.2. The smallest absolute Gasteiger partial charge is 0.251 e. The normalized spacial score (nSPS) is 14.0. The number of carbonyl (C=O) groups is 1. The fraction of sp³-hybridized carbons (Fsp3) is 0.238. The average Bonchev–Trinajstić information content (AvgIpc) is 3.39. The third-order valence-electron chi connectivity index (χ3n) is 4.77. The molecule has 2 aromatic carbocycles. The van der Waals surface area contributed by atoms with Crippen molar-refractivity contribution in [2.75, 3.05) is 0 Å². The maximum absolute atomic E-state index is 12.7. The Labute approximate surface area is 169 Å². The lowest BCUT2D eigenvalue weighted by molar-refractivity contribution is 0.0950. The molecule has 4 rings (SSSR count). The predicted octanol–water partition coefficient (Wildman–Crippen LogP) is 2.55.